The third-order valence-corrected chi connectivity index (χ3v) is 6.17. The van der Waals surface area contributed by atoms with Crippen molar-refractivity contribution in [3.63, 3.8) is 0 Å². The van der Waals surface area contributed by atoms with Crippen LogP contribution in [0.25, 0.3) is 21.8 Å². The Bertz CT molecular complexity index is 1540. The Morgan fingerprint density at radius 2 is 1.71 bits per heavy atom. The molecule has 1 aliphatic rings. The fourth-order valence-electron chi connectivity index (χ4n) is 4.61. The summed E-state index contributed by atoms with van der Waals surface area (Å²) in [6.07, 6.45) is 1.71. The predicted molar refractivity (Wildman–Crippen MR) is 131 cm³/mol. The van der Waals surface area contributed by atoms with Gasteiger partial charge in [0.25, 0.3) is 5.91 Å². The molecule has 7 nitrogen and oxygen atoms in total. The quantitative estimate of drug-likeness (QED) is 0.423. The van der Waals surface area contributed by atoms with E-state index in [9.17, 15) is 9.59 Å². The molecule has 0 radical (unpaired) electrons. The fraction of sp³-hybridized carbons (Fsp3) is 0.111. The van der Waals surface area contributed by atoms with Crippen LogP contribution in [0.1, 0.15) is 18.2 Å². The highest BCUT2D eigenvalue weighted by molar-refractivity contribution is 6.07. The molecule has 5 aromatic rings. The number of aromatic nitrogens is 3. The molecule has 0 aliphatic carbocycles. The second kappa shape index (κ2) is 8.12. The summed E-state index contributed by atoms with van der Waals surface area (Å²) in [5, 5.41) is 5.02. The molecule has 7 heteroatoms. The van der Waals surface area contributed by atoms with E-state index in [-0.39, 0.29) is 18.2 Å². The number of anilines is 2. The second-order valence-electron chi connectivity index (χ2n) is 8.31. The minimum Gasteiger partial charge on any atom is -0.325 e. The zero-order chi connectivity index (χ0) is 23.1. The lowest BCUT2D eigenvalue weighted by molar-refractivity contribution is -0.124. The first kappa shape index (κ1) is 20.1. The molecule has 2 aromatic heterocycles. The molecule has 0 spiro atoms. The van der Waals surface area contributed by atoms with Crippen LogP contribution < -0.4 is 10.2 Å². The maximum atomic E-state index is 13.5. The number of hydrogen-bond donors (Lipinski definition) is 1. The van der Waals surface area contributed by atoms with E-state index in [1.807, 2.05) is 89.5 Å². The minimum absolute atomic E-state index is 0.00806. The molecular formula is C27H21N5O2. The van der Waals surface area contributed by atoms with Gasteiger partial charge in [-0.1, -0.05) is 54.6 Å². The Balaban J connectivity index is 1.33. The number of rotatable bonds is 5. The molecule has 1 unspecified atom stereocenters. The lowest BCUT2D eigenvalue weighted by atomic mass is 10.1. The summed E-state index contributed by atoms with van der Waals surface area (Å²) >= 11 is 0. The molecule has 34 heavy (non-hydrogen) atoms. The van der Waals surface area contributed by atoms with Crippen molar-refractivity contribution >= 4 is 45.3 Å². The van der Waals surface area contributed by atoms with E-state index in [4.69, 9.17) is 4.98 Å². The van der Waals surface area contributed by atoms with Gasteiger partial charge in [-0.15, -0.1) is 0 Å². The van der Waals surface area contributed by atoms with Crippen molar-refractivity contribution in [3.05, 3.63) is 96.8 Å². The number of benzene rings is 3. The zero-order valence-corrected chi connectivity index (χ0v) is 18.3. The number of carbonyl (C=O) groups excluding carboxylic acids is 2. The summed E-state index contributed by atoms with van der Waals surface area (Å²) < 4.78 is 1.88. The van der Waals surface area contributed by atoms with Crippen molar-refractivity contribution in [1.82, 2.24) is 14.5 Å². The molecule has 1 aliphatic heterocycles. The number of nitrogens with one attached hydrogen (secondary N) is 1. The standard InChI is InChI=1S/C27H21N5O2/c33-25(29-21-13-7-9-18-8-1-2-11-20(18)21)16-24-26(34)31(17-19-10-5-6-15-28-19)27-30-22-12-3-4-14-23(22)32(24)27/h1-15,24H,16-17H2,(H,29,33). The molecule has 1 N–H and O–H groups in total. The van der Waals surface area contributed by atoms with Gasteiger partial charge in [0.05, 0.1) is 29.7 Å². The monoisotopic (exact) mass is 447 g/mol. The smallest absolute Gasteiger partial charge is 0.253 e. The first-order chi connectivity index (χ1) is 16.7. The van der Waals surface area contributed by atoms with Gasteiger partial charge >= 0.3 is 0 Å². The normalized spacial score (nSPS) is 15.1. The Morgan fingerprint density at radius 3 is 2.59 bits per heavy atom. The van der Waals surface area contributed by atoms with Gasteiger partial charge in [-0.3, -0.25) is 24.0 Å². The van der Waals surface area contributed by atoms with Crippen molar-refractivity contribution in [3.8, 4) is 0 Å². The molecule has 3 heterocycles. The van der Waals surface area contributed by atoms with Gasteiger partial charge in [-0.05, 0) is 35.7 Å². The minimum atomic E-state index is -0.680. The van der Waals surface area contributed by atoms with Gasteiger partial charge < -0.3 is 5.32 Å². The van der Waals surface area contributed by atoms with Gasteiger partial charge in [0.1, 0.15) is 6.04 Å². The molecule has 166 valence electrons. The van der Waals surface area contributed by atoms with E-state index in [1.54, 1.807) is 11.1 Å². The van der Waals surface area contributed by atoms with Crippen molar-refractivity contribution in [2.75, 3.05) is 10.2 Å². The summed E-state index contributed by atoms with van der Waals surface area (Å²) in [6, 6.07) is 26.3. The second-order valence-corrected chi connectivity index (χ2v) is 8.31. The number of imidazole rings is 1. The van der Waals surface area contributed by atoms with Crippen LogP contribution in [0.3, 0.4) is 0 Å². The van der Waals surface area contributed by atoms with Crippen LogP contribution in [0, 0.1) is 0 Å². The molecule has 0 fully saturated rings. The van der Waals surface area contributed by atoms with E-state index < -0.39 is 6.04 Å². The first-order valence-electron chi connectivity index (χ1n) is 11.1. The number of amides is 2. The SMILES string of the molecule is O=C(CC1C(=O)N(Cc2ccccn2)c2nc3ccccc3n21)Nc1cccc2ccccc12. The van der Waals surface area contributed by atoms with Crippen LogP contribution in [0.15, 0.2) is 91.1 Å². The van der Waals surface area contributed by atoms with Gasteiger partial charge in [0, 0.05) is 17.3 Å². The number of para-hydroxylation sites is 2. The summed E-state index contributed by atoms with van der Waals surface area (Å²) in [6.45, 7) is 0.296. The first-order valence-corrected chi connectivity index (χ1v) is 11.1. The van der Waals surface area contributed by atoms with Crippen molar-refractivity contribution < 1.29 is 9.59 Å². The Labute approximate surface area is 195 Å². The molecule has 6 rings (SSSR count). The lowest BCUT2D eigenvalue weighted by Crippen LogP contribution is -2.31. The number of fused-ring (bicyclic) bond motifs is 4. The Hall–Kier alpha value is -4.52. The lowest BCUT2D eigenvalue weighted by Gasteiger charge is -2.16. The predicted octanol–water partition coefficient (Wildman–Crippen LogP) is 4.70. The number of carbonyl (C=O) groups is 2. The van der Waals surface area contributed by atoms with E-state index >= 15 is 0 Å². The highest BCUT2D eigenvalue weighted by Gasteiger charge is 2.41. The van der Waals surface area contributed by atoms with Crippen LogP contribution in [0.2, 0.25) is 0 Å². The Kier molecular flexibility index (Phi) is 4.80. The molecule has 0 saturated carbocycles. The van der Waals surface area contributed by atoms with Gasteiger partial charge in [-0.25, -0.2) is 4.98 Å². The largest absolute Gasteiger partial charge is 0.325 e. The van der Waals surface area contributed by atoms with Crippen LogP contribution in [-0.2, 0) is 16.1 Å². The van der Waals surface area contributed by atoms with Crippen molar-refractivity contribution in [2.24, 2.45) is 0 Å². The van der Waals surface area contributed by atoms with Crippen LogP contribution in [-0.4, -0.2) is 26.3 Å². The van der Waals surface area contributed by atoms with Gasteiger partial charge in [-0.2, -0.15) is 0 Å². The van der Waals surface area contributed by atoms with E-state index in [0.29, 0.717) is 12.5 Å². The fourth-order valence-corrected chi connectivity index (χ4v) is 4.61. The van der Waals surface area contributed by atoms with Gasteiger partial charge in [0.15, 0.2) is 0 Å². The molecule has 1 atom stereocenters. The van der Waals surface area contributed by atoms with Crippen LogP contribution >= 0.6 is 0 Å². The molecule has 2 amide bonds. The molecule has 3 aromatic carbocycles. The van der Waals surface area contributed by atoms with Crippen molar-refractivity contribution in [1.29, 1.82) is 0 Å². The van der Waals surface area contributed by atoms with Crippen molar-refractivity contribution in [2.45, 2.75) is 19.0 Å². The van der Waals surface area contributed by atoms with Gasteiger partial charge in [0.2, 0.25) is 11.9 Å². The molecule has 0 bridgehead atoms. The molecule has 0 saturated heterocycles. The third-order valence-electron chi connectivity index (χ3n) is 6.17. The van der Waals surface area contributed by atoms with E-state index in [1.165, 1.54) is 0 Å². The topological polar surface area (TPSA) is 80.1 Å². The maximum Gasteiger partial charge on any atom is 0.253 e. The summed E-state index contributed by atoms with van der Waals surface area (Å²) in [4.78, 5) is 37.4. The maximum absolute atomic E-state index is 13.5. The highest BCUT2D eigenvalue weighted by Crippen LogP contribution is 2.37. The number of hydrogen-bond acceptors (Lipinski definition) is 4. The summed E-state index contributed by atoms with van der Waals surface area (Å²) in [5.41, 5.74) is 3.11. The average Bonchev–Trinajstić information content (AvgIpc) is 3.36. The number of pyridine rings is 1. The van der Waals surface area contributed by atoms with E-state index in [0.717, 1.165) is 33.2 Å². The van der Waals surface area contributed by atoms with E-state index in [2.05, 4.69) is 10.3 Å². The Morgan fingerprint density at radius 1 is 0.912 bits per heavy atom. The highest BCUT2D eigenvalue weighted by atomic mass is 16.2. The third kappa shape index (κ3) is 3.38. The van der Waals surface area contributed by atoms with Crippen LogP contribution in [0.4, 0.5) is 11.6 Å². The number of nitrogens with zero attached hydrogens (tertiary/aromatic N) is 4. The average molecular weight is 447 g/mol. The zero-order valence-electron chi connectivity index (χ0n) is 18.3. The summed E-state index contributed by atoms with van der Waals surface area (Å²) in [5.74, 6) is 0.157. The summed E-state index contributed by atoms with van der Waals surface area (Å²) in [7, 11) is 0. The molecular weight excluding hydrogens is 426 g/mol. The van der Waals surface area contributed by atoms with Crippen LogP contribution in [0.5, 0.6) is 0 Å².